The van der Waals surface area contributed by atoms with E-state index < -0.39 is 0 Å². The fourth-order valence-electron chi connectivity index (χ4n) is 3.09. The van der Waals surface area contributed by atoms with E-state index in [4.69, 9.17) is 4.74 Å². The average molecular weight is 302 g/mol. The fraction of sp³-hybridized carbons (Fsp3) is 1.00. The van der Waals surface area contributed by atoms with Crippen molar-refractivity contribution in [1.29, 1.82) is 0 Å². The second kappa shape index (κ2) is 10.1. The summed E-state index contributed by atoms with van der Waals surface area (Å²) in [6.07, 6.45) is 6.69. The van der Waals surface area contributed by atoms with Gasteiger partial charge >= 0.3 is 0 Å². The molecule has 0 aromatic heterocycles. The van der Waals surface area contributed by atoms with Crippen LogP contribution in [0.15, 0.2) is 0 Å². The molecule has 20 heavy (non-hydrogen) atoms. The lowest BCUT2D eigenvalue weighted by Gasteiger charge is -2.28. The number of rotatable bonds is 9. The molecule has 3 heteroatoms. The number of hydrogen-bond acceptors (Lipinski definition) is 3. The van der Waals surface area contributed by atoms with Crippen molar-refractivity contribution in [3.63, 3.8) is 0 Å². The van der Waals surface area contributed by atoms with Crippen molar-refractivity contribution >= 4 is 11.8 Å². The van der Waals surface area contributed by atoms with E-state index in [1.165, 1.54) is 63.2 Å². The Balaban J connectivity index is 2.16. The van der Waals surface area contributed by atoms with Gasteiger partial charge in [-0.15, -0.1) is 0 Å². The molecule has 0 bridgehead atoms. The number of nitrogens with zero attached hydrogens (tertiary/aromatic N) is 1. The summed E-state index contributed by atoms with van der Waals surface area (Å²) >= 11 is 2.10. The van der Waals surface area contributed by atoms with Crippen LogP contribution < -0.4 is 0 Å². The van der Waals surface area contributed by atoms with Gasteiger partial charge in [-0.2, -0.15) is 11.8 Å². The summed E-state index contributed by atoms with van der Waals surface area (Å²) in [6.45, 7) is 11.9. The first kappa shape index (κ1) is 18.3. The molecule has 1 aliphatic rings. The summed E-state index contributed by atoms with van der Waals surface area (Å²) in [6, 6.07) is 0. The molecule has 120 valence electrons. The van der Waals surface area contributed by atoms with Crippen molar-refractivity contribution in [2.45, 2.75) is 52.9 Å². The number of thioether (sulfide) groups is 1. The van der Waals surface area contributed by atoms with Gasteiger partial charge in [0, 0.05) is 38.3 Å². The number of hydrogen-bond donors (Lipinski definition) is 0. The van der Waals surface area contributed by atoms with Crippen LogP contribution in [0.2, 0.25) is 0 Å². The zero-order chi connectivity index (χ0) is 14.8. The molecule has 1 fully saturated rings. The van der Waals surface area contributed by atoms with Gasteiger partial charge in [-0.1, -0.05) is 33.6 Å². The lowest BCUT2D eigenvalue weighted by molar-refractivity contribution is 0.156. The van der Waals surface area contributed by atoms with E-state index >= 15 is 0 Å². The van der Waals surface area contributed by atoms with Crippen LogP contribution in [0, 0.1) is 11.3 Å². The van der Waals surface area contributed by atoms with Crippen molar-refractivity contribution in [1.82, 2.24) is 4.90 Å². The number of methoxy groups -OCH3 is 1. The fourth-order valence-corrected chi connectivity index (χ4v) is 4.07. The summed E-state index contributed by atoms with van der Waals surface area (Å²) < 4.78 is 5.28. The third kappa shape index (κ3) is 9.25. The van der Waals surface area contributed by atoms with E-state index in [2.05, 4.69) is 37.4 Å². The molecule has 0 aromatic rings. The molecule has 2 nitrogen and oxygen atoms in total. The van der Waals surface area contributed by atoms with E-state index in [1.54, 1.807) is 0 Å². The van der Waals surface area contributed by atoms with E-state index in [9.17, 15) is 0 Å². The third-order valence-electron chi connectivity index (χ3n) is 4.07. The maximum absolute atomic E-state index is 5.28. The van der Waals surface area contributed by atoms with Gasteiger partial charge in [-0.3, -0.25) is 0 Å². The Hall–Kier alpha value is 0.270. The molecule has 1 atom stereocenters. The van der Waals surface area contributed by atoms with Crippen molar-refractivity contribution in [3.8, 4) is 0 Å². The van der Waals surface area contributed by atoms with Gasteiger partial charge in [0.05, 0.1) is 0 Å². The minimum atomic E-state index is 0.447. The predicted octanol–water partition coefficient (Wildman–Crippen LogP) is 4.29. The lowest BCUT2D eigenvalue weighted by Crippen LogP contribution is -2.33. The molecule has 0 radical (unpaired) electrons. The van der Waals surface area contributed by atoms with Crippen LogP contribution >= 0.6 is 11.8 Å². The van der Waals surface area contributed by atoms with Crippen LogP contribution in [0.3, 0.4) is 0 Å². The second-order valence-electron chi connectivity index (χ2n) is 7.36. The maximum atomic E-state index is 5.28. The molecule has 1 aliphatic heterocycles. The first-order chi connectivity index (χ1) is 9.51. The summed E-state index contributed by atoms with van der Waals surface area (Å²) in [5, 5.41) is 0. The van der Waals surface area contributed by atoms with Crippen molar-refractivity contribution < 1.29 is 4.74 Å². The van der Waals surface area contributed by atoms with Crippen molar-refractivity contribution in [2.24, 2.45) is 11.3 Å². The molecule has 0 saturated carbocycles. The SMILES string of the molecule is COCC[C@H](CCCCN1CCSCC1)CC(C)(C)C. The highest BCUT2D eigenvalue weighted by Crippen LogP contribution is 2.29. The summed E-state index contributed by atoms with van der Waals surface area (Å²) in [5.41, 5.74) is 0.447. The number of unbranched alkanes of at least 4 members (excludes halogenated alkanes) is 1. The zero-order valence-electron chi connectivity index (χ0n) is 14.1. The Morgan fingerprint density at radius 3 is 2.40 bits per heavy atom. The molecule has 0 unspecified atom stereocenters. The molecule has 1 heterocycles. The summed E-state index contributed by atoms with van der Waals surface area (Å²) in [7, 11) is 1.82. The molecule has 1 rings (SSSR count). The Bertz CT molecular complexity index is 234. The quantitative estimate of drug-likeness (QED) is 0.589. The summed E-state index contributed by atoms with van der Waals surface area (Å²) in [5.74, 6) is 3.51. The van der Waals surface area contributed by atoms with Gasteiger partial charge in [0.15, 0.2) is 0 Å². The highest BCUT2D eigenvalue weighted by Gasteiger charge is 2.18. The Morgan fingerprint density at radius 2 is 1.80 bits per heavy atom. The van der Waals surface area contributed by atoms with Crippen LogP contribution in [-0.2, 0) is 4.74 Å². The lowest BCUT2D eigenvalue weighted by atomic mass is 9.81. The van der Waals surface area contributed by atoms with E-state index in [1.807, 2.05) is 7.11 Å². The molecular formula is C17H35NOS. The van der Waals surface area contributed by atoms with Gasteiger partial charge in [-0.25, -0.2) is 0 Å². The predicted molar refractivity (Wildman–Crippen MR) is 91.7 cm³/mol. The van der Waals surface area contributed by atoms with Gasteiger partial charge in [0.25, 0.3) is 0 Å². The van der Waals surface area contributed by atoms with Gasteiger partial charge in [0.2, 0.25) is 0 Å². The van der Waals surface area contributed by atoms with E-state index in [0.29, 0.717) is 5.41 Å². The first-order valence-corrected chi connectivity index (χ1v) is 9.46. The van der Waals surface area contributed by atoms with Crippen LogP contribution in [0.5, 0.6) is 0 Å². The van der Waals surface area contributed by atoms with E-state index in [-0.39, 0.29) is 0 Å². The number of ether oxygens (including phenoxy) is 1. The molecule has 0 N–H and O–H groups in total. The van der Waals surface area contributed by atoms with E-state index in [0.717, 1.165) is 12.5 Å². The monoisotopic (exact) mass is 301 g/mol. The normalized spacial score (nSPS) is 19.2. The molecule has 0 aromatic carbocycles. The average Bonchev–Trinajstić information content (AvgIpc) is 2.40. The van der Waals surface area contributed by atoms with Crippen LogP contribution in [0.1, 0.15) is 52.9 Å². The Morgan fingerprint density at radius 1 is 1.10 bits per heavy atom. The minimum absolute atomic E-state index is 0.447. The largest absolute Gasteiger partial charge is 0.385 e. The Kier molecular flexibility index (Phi) is 9.23. The Labute approximate surface area is 131 Å². The topological polar surface area (TPSA) is 12.5 Å². The third-order valence-corrected chi connectivity index (χ3v) is 5.01. The molecule has 1 saturated heterocycles. The zero-order valence-corrected chi connectivity index (χ0v) is 14.9. The smallest absolute Gasteiger partial charge is 0.0464 e. The van der Waals surface area contributed by atoms with Crippen LogP contribution in [0.4, 0.5) is 0 Å². The van der Waals surface area contributed by atoms with Crippen LogP contribution in [0.25, 0.3) is 0 Å². The minimum Gasteiger partial charge on any atom is -0.385 e. The van der Waals surface area contributed by atoms with Crippen molar-refractivity contribution in [3.05, 3.63) is 0 Å². The molecule has 0 aliphatic carbocycles. The molecule has 0 spiro atoms. The maximum Gasteiger partial charge on any atom is 0.0464 e. The summed E-state index contributed by atoms with van der Waals surface area (Å²) in [4.78, 5) is 2.64. The second-order valence-corrected chi connectivity index (χ2v) is 8.59. The highest BCUT2D eigenvalue weighted by atomic mass is 32.2. The van der Waals surface area contributed by atoms with Gasteiger partial charge in [0.1, 0.15) is 0 Å². The molecule has 0 amide bonds. The highest BCUT2D eigenvalue weighted by molar-refractivity contribution is 7.99. The molecular weight excluding hydrogens is 266 g/mol. The standard InChI is InChI=1S/C17H35NOS/c1-17(2,3)15-16(8-12-19-4)7-5-6-9-18-10-13-20-14-11-18/h16H,5-15H2,1-4H3/t16-/m0/s1. The van der Waals surface area contributed by atoms with Crippen LogP contribution in [-0.4, -0.2) is 49.8 Å². The van der Waals surface area contributed by atoms with Crippen molar-refractivity contribution in [2.75, 3.05) is 44.9 Å². The van der Waals surface area contributed by atoms with Gasteiger partial charge < -0.3 is 9.64 Å². The van der Waals surface area contributed by atoms with Gasteiger partial charge in [-0.05, 0) is 37.1 Å². The first-order valence-electron chi connectivity index (χ1n) is 8.30.